The minimum atomic E-state index is -0.449. The number of amides is 4. The number of carbonyl (C=O) groups excluding carboxylic acids is 4. The Morgan fingerprint density at radius 2 is 1.08 bits per heavy atom. The van der Waals surface area contributed by atoms with Crippen molar-refractivity contribution in [3.63, 3.8) is 0 Å². The minimum absolute atomic E-state index is 0.00303. The molecular formula is C44H44Cl2F2N8O4. The van der Waals surface area contributed by atoms with Gasteiger partial charge in [0.2, 0.25) is 11.8 Å². The molecule has 12 nitrogen and oxygen atoms in total. The molecule has 8 rings (SSSR count). The van der Waals surface area contributed by atoms with E-state index in [0.29, 0.717) is 74.1 Å². The van der Waals surface area contributed by atoms with Crippen LogP contribution in [0.1, 0.15) is 72.3 Å². The lowest BCUT2D eigenvalue weighted by Gasteiger charge is -2.28. The van der Waals surface area contributed by atoms with E-state index in [1.54, 1.807) is 16.4 Å². The molecule has 2 aliphatic carbocycles. The Balaban J connectivity index is 0.000000181. The number of anilines is 2. The summed E-state index contributed by atoms with van der Waals surface area (Å²) in [6, 6.07) is 22.9. The molecule has 0 unspecified atom stereocenters. The first-order chi connectivity index (χ1) is 28.8. The van der Waals surface area contributed by atoms with E-state index in [1.165, 1.54) is 36.4 Å². The Labute approximate surface area is 355 Å². The van der Waals surface area contributed by atoms with E-state index < -0.39 is 11.6 Å². The van der Waals surface area contributed by atoms with Crippen LogP contribution in [0.5, 0.6) is 0 Å². The van der Waals surface area contributed by atoms with Crippen LogP contribution >= 0.6 is 23.2 Å². The second-order valence-corrected chi connectivity index (χ2v) is 16.1. The number of para-hydroxylation sites is 1. The van der Waals surface area contributed by atoms with Gasteiger partial charge < -0.3 is 21.3 Å². The van der Waals surface area contributed by atoms with Gasteiger partial charge in [-0.15, -0.1) is 0 Å². The maximum absolute atomic E-state index is 13.2. The van der Waals surface area contributed by atoms with E-state index in [0.717, 1.165) is 21.8 Å². The average molecular weight is 858 g/mol. The summed E-state index contributed by atoms with van der Waals surface area (Å²) in [5, 5.41) is 22.4. The fourth-order valence-corrected chi connectivity index (χ4v) is 8.39. The average Bonchev–Trinajstić information content (AvgIpc) is 3.76. The molecule has 0 aliphatic heterocycles. The van der Waals surface area contributed by atoms with Gasteiger partial charge in [-0.3, -0.25) is 28.5 Å². The molecule has 0 bridgehead atoms. The third-order valence-corrected chi connectivity index (χ3v) is 11.8. The molecule has 0 atom stereocenters. The molecular weight excluding hydrogens is 813 g/mol. The predicted octanol–water partition coefficient (Wildman–Crippen LogP) is 8.59. The van der Waals surface area contributed by atoms with Crippen LogP contribution in [0.4, 0.5) is 20.2 Å². The van der Waals surface area contributed by atoms with Crippen LogP contribution in [-0.4, -0.2) is 55.3 Å². The lowest BCUT2D eigenvalue weighted by atomic mass is 9.85. The van der Waals surface area contributed by atoms with Gasteiger partial charge in [0.05, 0.1) is 32.5 Å². The summed E-state index contributed by atoms with van der Waals surface area (Å²) < 4.78 is 29.6. The van der Waals surface area contributed by atoms with Crippen LogP contribution in [0.2, 0.25) is 10.0 Å². The monoisotopic (exact) mass is 856 g/mol. The van der Waals surface area contributed by atoms with E-state index >= 15 is 0 Å². The van der Waals surface area contributed by atoms with Crippen molar-refractivity contribution in [3.05, 3.63) is 118 Å². The van der Waals surface area contributed by atoms with Crippen molar-refractivity contribution < 1.29 is 28.0 Å². The topological polar surface area (TPSA) is 152 Å². The van der Waals surface area contributed by atoms with Gasteiger partial charge >= 0.3 is 0 Å². The first-order valence-electron chi connectivity index (χ1n) is 19.8. The van der Waals surface area contributed by atoms with Crippen molar-refractivity contribution in [1.29, 1.82) is 0 Å². The van der Waals surface area contributed by atoms with Crippen LogP contribution in [0.25, 0.3) is 21.8 Å². The van der Waals surface area contributed by atoms with Crippen molar-refractivity contribution >= 4 is 80.0 Å². The lowest BCUT2D eigenvalue weighted by molar-refractivity contribution is -0.121. The van der Waals surface area contributed by atoms with Crippen molar-refractivity contribution in [1.82, 2.24) is 30.2 Å². The highest BCUT2D eigenvalue weighted by Gasteiger charge is 2.30. The molecule has 16 heteroatoms. The third kappa shape index (κ3) is 9.77. The molecule has 0 spiro atoms. The van der Waals surface area contributed by atoms with Gasteiger partial charge in [-0.2, -0.15) is 10.2 Å². The van der Waals surface area contributed by atoms with Gasteiger partial charge in [0.25, 0.3) is 11.8 Å². The standard InChI is InChI=1S/2C22H22ClFN4O2/c1-28-19-5-3-2-4-16(19)20(27-28)22(30)25-15-9-6-13(7-10-15)21(29)26-18-11-8-14(24)12-17(18)23;1-28-20(16-4-2-3-5-18(16)27-28)22(30)25-15-9-6-13(7-10-15)21(29)26-19-11-8-14(24)12-17(19)23/h2*2-5,8,11-13,15H,6-7,9-10H2,1H3,(H,25,30)(H,26,29). The van der Waals surface area contributed by atoms with Crippen LogP contribution in [-0.2, 0) is 23.7 Å². The zero-order valence-corrected chi connectivity index (χ0v) is 34.5. The molecule has 4 amide bonds. The van der Waals surface area contributed by atoms with E-state index in [-0.39, 0.29) is 57.6 Å². The van der Waals surface area contributed by atoms with Crippen LogP contribution < -0.4 is 21.3 Å². The fraction of sp³-hybridized carbons (Fsp3) is 0.318. The lowest BCUT2D eigenvalue weighted by Crippen LogP contribution is -2.40. The summed E-state index contributed by atoms with van der Waals surface area (Å²) in [6.07, 6.45) is 5.42. The summed E-state index contributed by atoms with van der Waals surface area (Å²) in [5.74, 6) is -1.86. The smallest absolute Gasteiger partial charge is 0.272 e. The van der Waals surface area contributed by atoms with E-state index in [4.69, 9.17) is 23.2 Å². The van der Waals surface area contributed by atoms with Crippen LogP contribution in [0.3, 0.4) is 0 Å². The molecule has 2 aliphatic rings. The molecule has 60 heavy (non-hydrogen) atoms. The van der Waals surface area contributed by atoms with Crippen molar-refractivity contribution in [2.24, 2.45) is 25.9 Å². The van der Waals surface area contributed by atoms with E-state index in [9.17, 15) is 28.0 Å². The molecule has 4 N–H and O–H groups in total. The highest BCUT2D eigenvalue weighted by molar-refractivity contribution is 6.34. The number of nitrogens with one attached hydrogen (secondary N) is 4. The SMILES string of the molecule is Cn1nc(C(=O)NC2CCC(C(=O)Nc3ccc(F)cc3Cl)CC2)c2ccccc21.Cn1nc2ccccc2c1C(=O)NC1CCC(C(=O)Nc2ccc(F)cc2Cl)CC1. The van der Waals surface area contributed by atoms with Gasteiger partial charge in [-0.25, -0.2) is 8.78 Å². The molecule has 2 saturated carbocycles. The highest BCUT2D eigenvalue weighted by atomic mass is 35.5. The number of carbonyl (C=O) groups is 4. The molecule has 4 aromatic carbocycles. The number of benzene rings is 4. The van der Waals surface area contributed by atoms with E-state index in [1.807, 2.05) is 55.6 Å². The summed E-state index contributed by atoms with van der Waals surface area (Å²) in [5.41, 5.74) is 3.45. The Morgan fingerprint density at radius 3 is 1.62 bits per heavy atom. The summed E-state index contributed by atoms with van der Waals surface area (Å²) >= 11 is 12.0. The number of aryl methyl sites for hydroxylation is 2. The fourth-order valence-electron chi connectivity index (χ4n) is 7.96. The second kappa shape index (κ2) is 18.6. The summed E-state index contributed by atoms with van der Waals surface area (Å²) in [6.45, 7) is 0. The molecule has 2 heterocycles. The first-order valence-corrected chi connectivity index (χ1v) is 20.6. The number of nitrogens with zero attached hydrogens (tertiary/aromatic N) is 4. The Kier molecular flexibility index (Phi) is 13.1. The number of rotatable bonds is 8. The van der Waals surface area contributed by atoms with Crippen molar-refractivity contribution in [2.75, 3.05) is 10.6 Å². The Hall–Kier alpha value is -5.86. The van der Waals surface area contributed by atoms with Crippen molar-refractivity contribution in [2.45, 2.75) is 63.5 Å². The number of halogens is 4. The van der Waals surface area contributed by atoms with Crippen molar-refractivity contribution in [3.8, 4) is 0 Å². The number of aromatic nitrogens is 4. The maximum atomic E-state index is 13.2. The number of hydrogen-bond acceptors (Lipinski definition) is 6. The van der Waals surface area contributed by atoms with Gasteiger partial charge in [-0.1, -0.05) is 59.6 Å². The Bertz CT molecular complexity index is 2560. The molecule has 0 radical (unpaired) electrons. The van der Waals surface area contributed by atoms with Gasteiger partial charge in [-0.05, 0) is 99.9 Å². The zero-order valence-electron chi connectivity index (χ0n) is 33.0. The number of fused-ring (bicyclic) bond motifs is 2. The van der Waals surface area contributed by atoms with Crippen LogP contribution in [0.15, 0.2) is 84.9 Å². The molecule has 6 aromatic rings. The summed E-state index contributed by atoms with van der Waals surface area (Å²) in [7, 11) is 3.58. The maximum Gasteiger partial charge on any atom is 0.272 e. The Morgan fingerprint density at radius 1 is 0.600 bits per heavy atom. The summed E-state index contributed by atoms with van der Waals surface area (Å²) in [4.78, 5) is 50.7. The third-order valence-electron chi connectivity index (χ3n) is 11.2. The van der Waals surface area contributed by atoms with Gasteiger partial charge in [0, 0.05) is 48.8 Å². The minimum Gasteiger partial charge on any atom is -0.348 e. The first kappa shape index (κ1) is 42.3. The second-order valence-electron chi connectivity index (χ2n) is 15.2. The van der Waals surface area contributed by atoms with Gasteiger partial charge in [0.15, 0.2) is 5.69 Å². The van der Waals surface area contributed by atoms with E-state index in [2.05, 4.69) is 31.5 Å². The highest BCUT2D eigenvalue weighted by Crippen LogP contribution is 2.30. The molecule has 0 saturated heterocycles. The quantitative estimate of drug-likeness (QED) is 0.120. The zero-order chi connectivity index (χ0) is 42.5. The largest absolute Gasteiger partial charge is 0.348 e. The predicted molar refractivity (Wildman–Crippen MR) is 228 cm³/mol. The molecule has 2 fully saturated rings. The number of hydrogen-bond donors (Lipinski definition) is 4. The van der Waals surface area contributed by atoms with Crippen LogP contribution in [0, 0.1) is 23.5 Å². The van der Waals surface area contributed by atoms with Gasteiger partial charge in [0.1, 0.15) is 17.3 Å². The molecule has 312 valence electrons. The molecule has 2 aromatic heterocycles. The normalized spacial score (nSPS) is 18.9.